The van der Waals surface area contributed by atoms with Gasteiger partial charge in [0.05, 0.1) is 0 Å². The minimum absolute atomic E-state index is 0.0412. The van der Waals surface area contributed by atoms with Crippen LogP contribution in [0.3, 0.4) is 0 Å². The van der Waals surface area contributed by atoms with Gasteiger partial charge < -0.3 is 14.2 Å². The molecule has 168 valence electrons. The Labute approximate surface area is 182 Å². The number of amides is 1. The van der Waals surface area contributed by atoms with Crippen molar-refractivity contribution in [3.05, 3.63) is 53.3 Å². The van der Waals surface area contributed by atoms with Crippen molar-refractivity contribution in [2.45, 2.75) is 18.4 Å². The van der Waals surface area contributed by atoms with Gasteiger partial charge >= 0.3 is 5.97 Å². The first-order chi connectivity index (χ1) is 14.7. The van der Waals surface area contributed by atoms with Gasteiger partial charge in [-0.15, -0.1) is 0 Å². The lowest BCUT2D eigenvalue weighted by atomic mass is 10.1. The lowest BCUT2D eigenvalue weighted by Crippen LogP contribution is -2.49. The van der Waals surface area contributed by atoms with Crippen LogP contribution in [-0.2, 0) is 33.1 Å². The number of benzene rings is 1. The number of aromatic nitrogens is 1. The van der Waals surface area contributed by atoms with E-state index in [0.717, 1.165) is 19.6 Å². The van der Waals surface area contributed by atoms with Gasteiger partial charge in [0.15, 0.2) is 6.61 Å². The van der Waals surface area contributed by atoms with E-state index < -0.39 is 16.0 Å². The molecule has 1 fully saturated rings. The van der Waals surface area contributed by atoms with Gasteiger partial charge in [0.1, 0.15) is 10.6 Å². The predicted octanol–water partition coefficient (Wildman–Crippen LogP) is 0.743. The summed E-state index contributed by atoms with van der Waals surface area (Å²) in [6.07, 6.45) is 1.32. The topological polar surface area (TPSA) is 101 Å². The number of aryl methyl sites for hydroxylation is 2. The molecule has 3 rings (SSSR count). The molecular weight excluding hydrogens is 420 g/mol. The number of carbonyl (C=O) groups excluding carboxylic acids is 2. The standard InChI is InChI=1S/C21H28N4O5S/c1-16-5-4-6-17(11-16)13-24-7-9-25(10-8-24)20(26)15-30-21(27)19-12-18(14-23(19)3)31(28,29)22-2/h4-6,11-12,14,22H,7-10,13,15H2,1-3H3. The van der Waals surface area contributed by atoms with E-state index in [1.54, 1.807) is 11.9 Å². The third-order valence-corrected chi connectivity index (χ3v) is 6.69. The number of sulfonamides is 1. The predicted molar refractivity (Wildman–Crippen MR) is 115 cm³/mol. The second-order valence-corrected chi connectivity index (χ2v) is 9.49. The average Bonchev–Trinajstić information content (AvgIpc) is 3.15. The molecule has 31 heavy (non-hydrogen) atoms. The number of piperazine rings is 1. The number of rotatable bonds is 7. The summed E-state index contributed by atoms with van der Waals surface area (Å²) >= 11 is 0. The van der Waals surface area contributed by atoms with Crippen LogP contribution >= 0.6 is 0 Å². The minimum Gasteiger partial charge on any atom is -0.451 e. The van der Waals surface area contributed by atoms with E-state index in [0.29, 0.717) is 13.1 Å². The Morgan fingerprint density at radius 3 is 2.48 bits per heavy atom. The lowest BCUT2D eigenvalue weighted by Gasteiger charge is -2.34. The van der Waals surface area contributed by atoms with Gasteiger partial charge in [-0.3, -0.25) is 9.69 Å². The van der Waals surface area contributed by atoms with E-state index in [-0.39, 0.29) is 23.1 Å². The van der Waals surface area contributed by atoms with Crippen LogP contribution in [0.15, 0.2) is 41.4 Å². The Balaban J connectivity index is 1.49. The second-order valence-electron chi connectivity index (χ2n) is 7.60. The number of hydrogen-bond acceptors (Lipinski definition) is 6. The number of esters is 1. The van der Waals surface area contributed by atoms with Crippen LogP contribution in [0.1, 0.15) is 21.6 Å². The van der Waals surface area contributed by atoms with Crippen molar-refractivity contribution >= 4 is 21.9 Å². The lowest BCUT2D eigenvalue weighted by molar-refractivity contribution is -0.136. The Morgan fingerprint density at radius 1 is 1.13 bits per heavy atom. The zero-order valence-electron chi connectivity index (χ0n) is 18.0. The summed E-state index contributed by atoms with van der Waals surface area (Å²) < 4.78 is 32.5. The average molecular weight is 449 g/mol. The highest BCUT2D eigenvalue weighted by Crippen LogP contribution is 2.14. The molecule has 2 heterocycles. The molecule has 10 heteroatoms. The first-order valence-corrected chi connectivity index (χ1v) is 11.5. The smallest absolute Gasteiger partial charge is 0.355 e. The monoisotopic (exact) mass is 448 g/mol. The van der Waals surface area contributed by atoms with E-state index in [4.69, 9.17) is 4.74 Å². The third-order valence-electron chi connectivity index (χ3n) is 5.31. The van der Waals surface area contributed by atoms with E-state index in [1.165, 1.54) is 35.0 Å². The molecule has 0 unspecified atom stereocenters. The third kappa shape index (κ3) is 5.72. The molecular formula is C21H28N4O5S. The fourth-order valence-electron chi connectivity index (χ4n) is 3.52. The van der Waals surface area contributed by atoms with Crippen molar-refractivity contribution in [3.8, 4) is 0 Å². The summed E-state index contributed by atoms with van der Waals surface area (Å²) in [6.45, 7) is 5.15. The van der Waals surface area contributed by atoms with Crippen LogP contribution in [-0.4, -0.2) is 74.5 Å². The Kier molecular flexibility index (Phi) is 7.14. The fourth-order valence-corrected chi connectivity index (χ4v) is 4.32. The number of hydrogen-bond donors (Lipinski definition) is 1. The molecule has 0 spiro atoms. The van der Waals surface area contributed by atoms with Crippen molar-refractivity contribution in [1.82, 2.24) is 19.1 Å². The zero-order valence-corrected chi connectivity index (χ0v) is 18.8. The maximum absolute atomic E-state index is 12.5. The number of nitrogens with one attached hydrogen (secondary N) is 1. The molecule has 0 aliphatic carbocycles. The number of ether oxygens (including phenoxy) is 1. The SMILES string of the molecule is CNS(=O)(=O)c1cc(C(=O)OCC(=O)N2CCN(Cc3cccc(C)c3)CC2)n(C)c1. The zero-order chi connectivity index (χ0) is 22.6. The van der Waals surface area contributed by atoms with Crippen LogP contribution < -0.4 is 4.72 Å². The molecule has 1 saturated heterocycles. The van der Waals surface area contributed by atoms with Gasteiger partial charge in [-0.05, 0) is 25.6 Å². The number of nitrogens with zero attached hydrogens (tertiary/aromatic N) is 3. The molecule has 1 aliphatic heterocycles. The van der Waals surface area contributed by atoms with Gasteiger partial charge in [-0.2, -0.15) is 0 Å². The quantitative estimate of drug-likeness (QED) is 0.627. The normalized spacial score (nSPS) is 15.1. The van der Waals surface area contributed by atoms with Gasteiger partial charge in [0.2, 0.25) is 10.0 Å². The summed E-state index contributed by atoms with van der Waals surface area (Å²) in [6, 6.07) is 9.59. The van der Waals surface area contributed by atoms with Crippen LogP contribution in [0.5, 0.6) is 0 Å². The molecule has 2 aromatic rings. The van der Waals surface area contributed by atoms with Crippen LogP contribution in [0.2, 0.25) is 0 Å². The largest absolute Gasteiger partial charge is 0.451 e. The van der Waals surface area contributed by atoms with Crippen molar-refractivity contribution in [2.24, 2.45) is 7.05 Å². The summed E-state index contributed by atoms with van der Waals surface area (Å²) in [7, 11) is -0.837. The Morgan fingerprint density at radius 2 is 1.84 bits per heavy atom. The minimum atomic E-state index is -3.67. The van der Waals surface area contributed by atoms with Crippen molar-refractivity contribution in [1.29, 1.82) is 0 Å². The maximum atomic E-state index is 12.5. The van der Waals surface area contributed by atoms with E-state index >= 15 is 0 Å². The second kappa shape index (κ2) is 9.63. The molecule has 1 N–H and O–H groups in total. The van der Waals surface area contributed by atoms with Crippen molar-refractivity contribution < 1.29 is 22.7 Å². The fraction of sp³-hybridized carbons (Fsp3) is 0.429. The van der Waals surface area contributed by atoms with Gasteiger partial charge in [0, 0.05) is 46.0 Å². The molecule has 0 radical (unpaired) electrons. The summed E-state index contributed by atoms with van der Waals surface area (Å²) in [5.41, 5.74) is 2.53. The van der Waals surface area contributed by atoms with E-state index in [1.807, 2.05) is 6.07 Å². The summed E-state index contributed by atoms with van der Waals surface area (Å²) in [4.78, 5) is 28.7. The van der Waals surface area contributed by atoms with Crippen LogP contribution in [0.25, 0.3) is 0 Å². The molecule has 0 saturated carbocycles. The van der Waals surface area contributed by atoms with Crippen LogP contribution in [0.4, 0.5) is 0 Å². The highest BCUT2D eigenvalue weighted by atomic mass is 32.2. The molecule has 0 atom stereocenters. The summed E-state index contributed by atoms with van der Waals surface area (Å²) in [5.74, 6) is -1.01. The van der Waals surface area contributed by atoms with Gasteiger partial charge in [0.25, 0.3) is 5.91 Å². The first-order valence-electron chi connectivity index (χ1n) is 10.0. The van der Waals surface area contributed by atoms with Crippen LogP contribution in [0, 0.1) is 6.92 Å². The molecule has 1 amide bonds. The van der Waals surface area contributed by atoms with Gasteiger partial charge in [-0.25, -0.2) is 17.9 Å². The molecule has 0 bridgehead atoms. The van der Waals surface area contributed by atoms with E-state index in [9.17, 15) is 18.0 Å². The van der Waals surface area contributed by atoms with Crippen molar-refractivity contribution in [3.63, 3.8) is 0 Å². The van der Waals surface area contributed by atoms with Crippen molar-refractivity contribution in [2.75, 3.05) is 39.8 Å². The number of carbonyl (C=O) groups is 2. The Bertz CT molecular complexity index is 1060. The summed E-state index contributed by atoms with van der Waals surface area (Å²) in [5, 5.41) is 0. The molecule has 9 nitrogen and oxygen atoms in total. The van der Waals surface area contributed by atoms with Gasteiger partial charge in [-0.1, -0.05) is 29.8 Å². The molecule has 1 aliphatic rings. The van der Waals surface area contributed by atoms with E-state index in [2.05, 4.69) is 34.7 Å². The molecule has 1 aromatic carbocycles. The maximum Gasteiger partial charge on any atom is 0.355 e. The highest BCUT2D eigenvalue weighted by molar-refractivity contribution is 7.89. The first kappa shape index (κ1) is 23.0. The highest BCUT2D eigenvalue weighted by Gasteiger charge is 2.24. The molecule has 1 aromatic heterocycles. The Hall–Kier alpha value is -2.69.